The Morgan fingerprint density at radius 2 is 1.85 bits per heavy atom. The van der Waals surface area contributed by atoms with Crippen LogP contribution in [0.1, 0.15) is 52.0 Å². The Kier molecular flexibility index (Phi) is 8.45. The summed E-state index contributed by atoms with van der Waals surface area (Å²) in [5.41, 5.74) is 2.14. The molecule has 3 saturated carbocycles. The Labute approximate surface area is 283 Å². The number of piperidine rings is 1. The molecule has 47 heavy (non-hydrogen) atoms. The summed E-state index contributed by atoms with van der Waals surface area (Å²) < 4.78 is 29.9. The van der Waals surface area contributed by atoms with E-state index in [2.05, 4.69) is 31.0 Å². The molecule has 0 spiro atoms. The molecule has 8 nitrogen and oxygen atoms in total. The number of aromatic nitrogens is 2. The first-order valence-electron chi connectivity index (χ1n) is 16.7. The summed E-state index contributed by atoms with van der Waals surface area (Å²) in [5.74, 6) is 0.122. The highest BCUT2D eigenvalue weighted by Gasteiger charge is 2.56. The third-order valence-corrected chi connectivity index (χ3v) is 11.9. The molecular formula is C35H42Cl2F2N6O2. The lowest BCUT2D eigenvalue weighted by Crippen LogP contribution is -2.58. The van der Waals surface area contributed by atoms with E-state index in [0.717, 1.165) is 23.6 Å². The van der Waals surface area contributed by atoms with Crippen LogP contribution in [0.4, 0.5) is 20.4 Å². The van der Waals surface area contributed by atoms with Crippen LogP contribution in [0.25, 0.3) is 10.9 Å². The second-order valence-corrected chi connectivity index (χ2v) is 15.4. The zero-order valence-electron chi connectivity index (χ0n) is 27.0. The van der Waals surface area contributed by atoms with Gasteiger partial charge in [-0.15, -0.1) is 0 Å². The SMILES string of the molecule is CC1C(N=C(Nc2ccc3c(=O)n(CCc4ccc(Cl)cc4Cl)c(N4CCC(F)(F)CC4)nc3c2)N2CC(O)C2)CC2CC1C2(C)C. The average molecular weight is 688 g/mol. The van der Waals surface area contributed by atoms with Gasteiger partial charge in [0.2, 0.25) is 5.95 Å². The Morgan fingerprint density at radius 3 is 2.51 bits per heavy atom. The molecule has 3 aromatic rings. The molecule has 2 saturated heterocycles. The first-order chi connectivity index (χ1) is 22.3. The monoisotopic (exact) mass is 686 g/mol. The van der Waals surface area contributed by atoms with E-state index in [4.69, 9.17) is 33.2 Å². The van der Waals surface area contributed by atoms with Crippen LogP contribution in [0.15, 0.2) is 46.2 Å². The number of halogens is 4. The van der Waals surface area contributed by atoms with Crippen molar-refractivity contribution in [3.05, 3.63) is 62.4 Å². The zero-order valence-corrected chi connectivity index (χ0v) is 28.5. The molecule has 8 rings (SSSR count). The average Bonchev–Trinajstić information content (AvgIpc) is 3.00. The number of aryl methyl sites for hydroxylation is 1. The van der Waals surface area contributed by atoms with E-state index < -0.39 is 12.0 Å². The lowest BCUT2D eigenvalue weighted by Gasteiger charge is -2.61. The highest BCUT2D eigenvalue weighted by Crippen LogP contribution is 2.61. The number of aliphatic hydroxyl groups is 1. The van der Waals surface area contributed by atoms with Crippen molar-refractivity contribution in [2.75, 3.05) is 36.4 Å². The van der Waals surface area contributed by atoms with Crippen LogP contribution >= 0.6 is 23.2 Å². The second kappa shape index (κ2) is 12.2. The van der Waals surface area contributed by atoms with E-state index in [1.54, 1.807) is 27.7 Å². The van der Waals surface area contributed by atoms with Gasteiger partial charge in [0.05, 0.1) is 23.0 Å². The van der Waals surface area contributed by atoms with E-state index in [0.29, 0.717) is 69.6 Å². The molecule has 4 unspecified atom stereocenters. The van der Waals surface area contributed by atoms with Crippen molar-refractivity contribution in [1.29, 1.82) is 0 Å². The first-order valence-corrected chi connectivity index (χ1v) is 17.4. The second-order valence-electron chi connectivity index (χ2n) is 14.6. The van der Waals surface area contributed by atoms with E-state index in [9.17, 15) is 18.7 Å². The highest BCUT2D eigenvalue weighted by atomic mass is 35.5. The third kappa shape index (κ3) is 6.21. The van der Waals surface area contributed by atoms with Crippen molar-refractivity contribution in [3.63, 3.8) is 0 Å². The van der Waals surface area contributed by atoms with E-state index in [1.807, 2.05) is 18.2 Å². The number of fused-ring (bicyclic) bond motifs is 3. The van der Waals surface area contributed by atoms with E-state index in [-0.39, 0.29) is 44.1 Å². The quantitative estimate of drug-likeness (QED) is 0.222. The topological polar surface area (TPSA) is 86.0 Å². The molecule has 5 aliphatic rings. The predicted octanol–water partition coefficient (Wildman–Crippen LogP) is 6.70. The molecule has 4 atom stereocenters. The molecular weight excluding hydrogens is 645 g/mol. The zero-order chi connectivity index (χ0) is 33.2. The van der Waals surface area contributed by atoms with Crippen molar-refractivity contribution in [3.8, 4) is 0 Å². The normalized spacial score (nSPS) is 27.0. The van der Waals surface area contributed by atoms with Crippen LogP contribution in [-0.4, -0.2) is 69.8 Å². The predicted molar refractivity (Wildman–Crippen MR) is 184 cm³/mol. The van der Waals surface area contributed by atoms with Crippen molar-refractivity contribution in [1.82, 2.24) is 14.5 Å². The van der Waals surface area contributed by atoms with Crippen LogP contribution in [0, 0.1) is 23.2 Å². The van der Waals surface area contributed by atoms with Gasteiger partial charge in [-0.2, -0.15) is 0 Å². The maximum atomic E-state index is 14.1. The number of rotatable bonds is 6. The number of β-amino-alcohol motifs (C(OH)–C–C–N with tert-alkyl or cyclic N) is 1. The number of aliphatic hydroxyl groups excluding tert-OH is 1. The van der Waals surface area contributed by atoms with E-state index >= 15 is 0 Å². The van der Waals surface area contributed by atoms with Gasteiger partial charge in [0.15, 0.2) is 5.96 Å². The Balaban J connectivity index is 1.21. The third-order valence-electron chi connectivity index (χ3n) is 11.4. The lowest BCUT2D eigenvalue weighted by atomic mass is 9.45. The minimum Gasteiger partial charge on any atom is -0.389 e. The minimum absolute atomic E-state index is 0.0943. The fourth-order valence-electron chi connectivity index (χ4n) is 8.12. The summed E-state index contributed by atoms with van der Waals surface area (Å²) >= 11 is 12.5. The molecule has 2 aliphatic heterocycles. The Morgan fingerprint density at radius 1 is 1.11 bits per heavy atom. The largest absolute Gasteiger partial charge is 0.389 e. The summed E-state index contributed by atoms with van der Waals surface area (Å²) in [6.07, 6.45) is 1.77. The molecule has 2 bridgehead atoms. The molecule has 1 aromatic heterocycles. The van der Waals surface area contributed by atoms with Gasteiger partial charge in [0, 0.05) is 61.3 Å². The highest BCUT2D eigenvalue weighted by molar-refractivity contribution is 6.35. The number of hydrogen-bond acceptors (Lipinski definition) is 5. The summed E-state index contributed by atoms with van der Waals surface area (Å²) in [7, 11) is 0. The Hall–Kier alpha value is -2.95. The fraction of sp³-hybridized carbons (Fsp3) is 0.571. The molecule has 3 aliphatic carbocycles. The number of anilines is 2. The van der Waals surface area contributed by atoms with Gasteiger partial charge in [-0.3, -0.25) is 9.36 Å². The number of hydrogen-bond donors (Lipinski definition) is 2. The molecule has 0 amide bonds. The van der Waals surface area contributed by atoms with E-state index in [1.165, 1.54) is 6.42 Å². The summed E-state index contributed by atoms with van der Waals surface area (Å²) in [4.78, 5) is 28.0. The number of nitrogens with zero attached hydrogens (tertiary/aromatic N) is 5. The smallest absolute Gasteiger partial charge is 0.262 e. The number of guanidine groups is 1. The van der Waals surface area contributed by atoms with Crippen molar-refractivity contribution in [2.24, 2.45) is 28.2 Å². The fourth-order valence-corrected chi connectivity index (χ4v) is 8.62. The molecule has 3 heterocycles. The van der Waals surface area contributed by atoms with Gasteiger partial charge in [-0.1, -0.05) is 50.0 Å². The van der Waals surface area contributed by atoms with Crippen molar-refractivity contribution in [2.45, 2.75) is 77.5 Å². The van der Waals surface area contributed by atoms with Gasteiger partial charge in [-0.05, 0) is 78.3 Å². The Bertz CT molecular complexity index is 1760. The van der Waals surface area contributed by atoms with Crippen LogP contribution < -0.4 is 15.8 Å². The van der Waals surface area contributed by atoms with Crippen molar-refractivity contribution < 1.29 is 13.9 Å². The van der Waals surface area contributed by atoms with Gasteiger partial charge in [0.1, 0.15) is 0 Å². The maximum absolute atomic E-state index is 14.1. The number of likely N-dealkylation sites (tertiary alicyclic amines) is 1. The van der Waals surface area contributed by atoms with Crippen LogP contribution in [0.3, 0.4) is 0 Å². The number of benzene rings is 2. The maximum Gasteiger partial charge on any atom is 0.262 e. The summed E-state index contributed by atoms with van der Waals surface area (Å²) in [6.45, 7) is 8.53. The molecule has 5 fully saturated rings. The van der Waals surface area contributed by atoms with Gasteiger partial charge in [-0.25, -0.2) is 18.8 Å². The molecule has 2 N–H and O–H groups in total. The van der Waals surface area contributed by atoms with Gasteiger partial charge < -0.3 is 20.2 Å². The summed E-state index contributed by atoms with van der Waals surface area (Å²) in [6, 6.07) is 10.9. The van der Waals surface area contributed by atoms with Gasteiger partial charge in [0.25, 0.3) is 11.5 Å². The van der Waals surface area contributed by atoms with Crippen LogP contribution in [0.5, 0.6) is 0 Å². The molecule has 12 heteroatoms. The number of alkyl halides is 2. The van der Waals surface area contributed by atoms with Crippen LogP contribution in [-0.2, 0) is 13.0 Å². The lowest BCUT2D eigenvalue weighted by molar-refractivity contribution is -0.108. The van der Waals surface area contributed by atoms with Crippen LogP contribution in [0.2, 0.25) is 10.0 Å². The first kappa shape index (κ1) is 32.6. The van der Waals surface area contributed by atoms with Gasteiger partial charge >= 0.3 is 0 Å². The molecule has 252 valence electrons. The number of aliphatic imine (C=N–C) groups is 1. The molecule has 0 radical (unpaired) electrons. The summed E-state index contributed by atoms with van der Waals surface area (Å²) in [5, 5.41) is 15.1. The minimum atomic E-state index is -2.74. The number of nitrogens with one attached hydrogen (secondary N) is 1. The standard InChI is InChI=1S/C35H42Cl2F2N6O2/c1-20-27-14-22(34(27,2)3)15-29(20)41-32(44-18-25(46)19-44)40-24-6-7-26-30(17-24)42-33(43-12-9-35(38,39)10-13-43)45(31(26)47)11-8-21-4-5-23(36)16-28(21)37/h4-7,16-17,20,22,25,27,29,46H,8-15,18-19H2,1-3H3,(H,40,41). The van der Waals surface area contributed by atoms with Crippen molar-refractivity contribution >= 4 is 51.7 Å². The molecule has 2 aromatic carbocycles.